The molecule has 0 heterocycles. The number of likely N-dealkylation sites (N-methyl/N-ethyl adjacent to an activating group) is 1. The molecule has 0 aliphatic heterocycles. The molecule has 17 heavy (non-hydrogen) atoms. The van der Waals surface area contributed by atoms with Crippen LogP contribution in [0.5, 0.6) is 0 Å². The minimum absolute atomic E-state index is 0.105. The minimum atomic E-state index is 0.105. The highest BCUT2D eigenvalue weighted by Gasteiger charge is 2.15. The number of rotatable bonds is 5. The molecule has 0 aliphatic carbocycles. The van der Waals surface area contributed by atoms with Crippen LogP contribution in [0.1, 0.15) is 29.3 Å². The van der Waals surface area contributed by atoms with E-state index in [9.17, 15) is 4.79 Å². The molecule has 3 nitrogen and oxygen atoms in total. The van der Waals surface area contributed by atoms with E-state index in [-0.39, 0.29) is 11.8 Å². The van der Waals surface area contributed by atoms with E-state index in [4.69, 9.17) is 5.26 Å². The van der Waals surface area contributed by atoms with Gasteiger partial charge in [0.1, 0.15) is 0 Å². The molecule has 0 saturated heterocycles. The summed E-state index contributed by atoms with van der Waals surface area (Å²) in [5, 5.41) is 8.62. The van der Waals surface area contributed by atoms with E-state index in [0.29, 0.717) is 13.0 Å². The third-order valence-electron chi connectivity index (χ3n) is 2.98. The predicted molar refractivity (Wildman–Crippen MR) is 67.8 cm³/mol. The number of carbonyl (C=O) groups excluding carboxylic acids is 1. The molecule has 0 amide bonds. The molecule has 1 aromatic carbocycles. The Balaban J connectivity index is 2.68. The molecule has 0 aliphatic rings. The molecule has 1 aromatic rings. The smallest absolute Gasteiger partial charge is 0.177 e. The largest absolute Gasteiger partial charge is 0.295 e. The lowest BCUT2D eigenvalue weighted by molar-refractivity contribution is 0.0925. The Bertz CT molecular complexity index is 434. The molecule has 0 saturated carbocycles. The van der Waals surface area contributed by atoms with Gasteiger partial charge < -0.3 is 0 Å². The standard InChI is InChI=1S/C14H18N2O/c1-11-6-4-5-7-13(11)14(17)10-16(3)12(2)8-9-15/h4-7,12H,8,10H2,1-3H3. The second-order valence-corrected chi connectivity index (χ2v) is 4.36. The number of nitrogens with zero attached hydrogens (tertiary/aromatic N) is 2. The van der Waals surface area contributed by atoms with Gasteiger partial charge in [0, 0.05) is 11.6 Å². The van der Waals surface area contributed by atoms with E-state index in [0.717, 1.165) is 11.1 Å². The van der Waals surface area contributed by atoms with E-state index in [1.807, 2.05) is 50.1 Å². The van der Waals surface area contributed by atoms with Crippen LogP contribution in [0.2, 0.25) is 0 Å². The normalized spacial score (nSPS) is 12.2. The highest BCUT2D eigenvalue weighted by Crippen LogP contribution is 2.09. The number of nitriles is 1. The molecule has 1 unspecified atom stereocenters. The monoisotopic (exact) mass is 230 g/mol. The van der Waals surface area contributed by atoms with Crippen molar-refractivity contribution in [3.63, 3.8) is 0 Å². The van der Waals surface area contributed by atoms with Gasteiger partial charge in [-0.15, -0.1) is 0 Å². The zero-order chi connectivity index (χ0) is 12.8. The molecular weight excluding hydrogens is 212 g/mol. The van der Waals surface area contributed by atoms with Gasteiger partial charge in [-0.25, -0.2) is 0 Å². The van der Waals surface area contributed by atoms with E-state index in [2.05, 4.69) is 6.07 Å². The van der Waals surface area contributed by atoms with Crippen molar-refractivity contribution in [2.24, 2.45) is 0 Å². The van der Waals surface area contributed by atoms with Gasteiger partial charge in [-0.3, -0.25) is 9.69 Å². The second kappa shape index (κ2) is 6.17. The van der Waals surface area contributed by atoms with Gasteiger partial charge in [-0.1, -0.05) is 24.3 Å². The fourth-order valence-electron chi connectivity index (χ4n) is 1.64. The Morgan fingerprint density at radius 3 is 2.71 bits per heavy atom. The Kier molecular flexibility index (Phi) is 4.86. The average Bonchev–Trinajstić information content (AvgIpc) is 2.29. The van der Waals surface area contributed by atoms with Crippen LogP contribution in [0.15, 0.2) is 24.3 Å². The Labute approximate surface area is 103 Å². The van der Waals surface area contributed by atoms with Gasteiger partial charge in [0.05, 0.1) is 19.0 Å². The molecule has 1 atom stereocenters. The van der Waals surface area contributed by atoms with Crippen LogP contribution >= 0.6 is 0 Å². The second-order valence-electron chi connectivity index (χ2n) is 4.36. The van der Waals surface area contributed by atoms with Crippen molar-refractivity contribution in [2.45, 2.75) is 26.3 Å². The highest BCUT2D eigenvalue weighted by molar-refractivity contribution is 5.98. The maximum absolute atomic E-state index is 12.1. The van der Waals surface area contributed by atoms with E-state index < -0.39 is 0 Å². The molecule has 0 aromatic heterocycles. The van der Waals surface area contributed by atoms with Gasteiger partial charge >= 0.3 is 0 Å². The van der Waals surface area contributed by atoms with Crippen LogP contribution < -0.4 is 0 Å². The maximum Gasteiger partial charge on any atom is 0.177 e. The first-order valence-electron chi connectivity index (χ1n) is 5.72. The van der Waals surface area contributed by atoms with Crippen molar-refractivity contribution in [3.05, 3.63) is 35.4 Å². The first-order valence-corrected chi connectivity index (χ1v) is 5.72. The third-order valence-corrected chi connectivity index (χ3v) is 2.98. The van der Waals surface area contributed by atoms with Gasteiger partial charge in [0.25, 0.3) is 0 Å². The lowest BCUT2D eigenvalue weighted by Gasteiger charge is -2.21. The molecule has 90 valence electrons. The summed E-state index contributed by atoms with van der Waals surface area (Å²) in [5.41, 5.74) is 1.77. The summed E-state index contributed by atoms with van der Waals surface area (Å²) in [6.07, 6.45) is 0.442. The van der Waals surface area contributed by atoms with Crippen LogP contribution in [0.4, 0.5) is 0 Å². The lowest BCUT2D eigenvalue weighted by atomic mass is 10.0. The lowest BCUT2D eigenvalue weighted by Crippen LogP contribution is -2.33. The average molecular weight is 230 g/mol. The molecule has 0 bridgehead atoms. The van der Waals surface area contributed by atoms with Crippen LogP contribution in [-0.2, 0) is 0 Å². The zero-order valence-corrected chi connectivity index (χ0v) is 10.6. The Morgan fingerprint density at radius 1 is 1.47 bits per heavy atom. The van der Waals surface area contributed by atoms with E-state index in [1.165, 1.54) is 0 Å². The predicted octanol–water partition coefficient (Wildman–Crippen LogP) is 2.41. The number of aryl methyl sites for hydroxylation is 1. The minimum Gasteiger partial charge on any atom is -0.295 e. The summed E-state index contributed by atoms with van der Waals surface area (Å²) in [4.78, 5) is 14.0. The van der Waals surface area contributed by atoms with Crippen LogP contribution in [0.3, 0.4) is 0 Å². The molecular formula is C14H18N2O. The number of ketones is 1. The Morgan fingerprint density at radius 2 is 2.12 bits per heavy atom. The van der Waals surface area contributed by atoms with Gasteiger partial charge in [0.2, 0.25) is 0 Å². The SMILES string of the molecule is Cc1ccccc1C(=O)CN(C)C(C)CC#N. The quantitative estimate of drug-likeness (QED) is 0.730. The summed E-state index contributed by atoms with van der Waals surface area (Å²) in [6.45, 7) is 4.24. The third kappa shape index (κ3) is 3.69. The van der Waals surface area contributed by atoms with Crippen LogP contribution in [0.25, 0.3) is 0 Å². The molecule has 3 heteroatoms. The number of carbonyl (C=O) groups is 1. The van der Waals surface area contributed by atoms with Crippen molar-refractivity contribution in [1.29, 1.82) is 5.26 Å². The first kappa shape index (κ1) is 13.4. The summed E-state index contributed by atoms with van der Waals surface area (Å²) < 4.78 is 0. The molecule has 0 spiro atoms. The van der Waals surface area contributed by atoms with Crippen LogP contribution in [-0.4, -0.2) is 30.3 Å². The van der Waals surface area contributed by atoms with Crippen molar-refractivity contribution < 1.29 is 4.79 Å². The van der Waals surface area contributed by atoms with Crippen molar-refractivity contribution in [1.82, 2.24) is 4.90 Å². The zero-order valence-electron chi connectivity index (χ0n) is 10.6. The summed E-state index contributed by atoms with van der Waals surface area (Å²) >= 11 is 0. The maximum atomic E-state index is 12.1. The van der Waals surface area contributed by atoms with Crippen molar-refractivity contribution in [2.75, 3.05) is 13.6 Å². The van der Waals surface area contributed by atoms with Gasteiger partial charge in [0.15, 0.2) is 5.78 Å². The molecule has 0 radical (unpaired) electrons. The number of hydrogen-bond donors (Lipinski definition) is 0. The fraction of sp³-hybridized carbons (Fsp3) is 0.429. The molecule has 0 N–H and O–H groups in total. The number of Topliss-reactive ketones (excluding diaryl/α,β-unsaturated/α-hetero) is 1. The summed E-state index contributed by atoms with van der Waals surface area (Å²) in [6, 6.07) is 9.81. The fourth-order valence-corrected chi connectivity index (χ4v) is 1.64. The van der Waals surface area contributed by atoms with Gasteiger partial charge in [-0.05, 0) is 26.5 Å². The van der Waals surface area contributed by atoms with Crippen LogP contribution in [0, 0.1) is 18.3 Å². The summed E-state index contributed by atoms with van der Waals surface area (Å²) in [7, 11) is 1.87. The molecule has 0 fully saturated rings. The highest BCUT2D eigenvalue weighted by atomic mass is 16.1. The topological polar surface area (TPSA) is 44.1 Å². The van der Waals surface area contributed by atoms with Gasteiger partial charge in [-0.2, -0.15) is 5.26 Å². The van der Waals surface area contributed by atoms with E-state index >= 15 is 0 Å². The number of hydrogen-bond acceptors (Lipinski definition) is 3. The number of benzene rings is 1. The Hall–Kier alpha value is -1.66. The van der Waals surface area contributed by atoms with Crippen molar-refractivity contribution in [3.8, 4) is 6.07 Å². The summed E-state index contributed by atoms with van der Waals surface area (Å²) in [5.74, 6) is 0.107. The molecule has 1 rings (SSSR count). The van der Waals surface area contributed by atoms with Crippen molar-refractivity contribution >= 4 is 5.78 Å². The first-order chi connectivity index (χ1) is 8.06. The van der Waals surface area contributed by atoms with E-state index in [1.54, 1.807) is 0 Å².